The quantitative estimate of drug-likeness (QED) is 0.914. The van der Waals surface area contributed by atoms with Gasteiger partial charge in [-0.1, -0.05) is 0 Å². The number of carbonyl (C=O) groups is 2. The second-order valence-electron chi connectivity index (χ2n) is 5.21. The first-order valence-electron chi connectivity index (χ1n) is 7.08. The van der Waals surface area contributed by atoms with E-state index in [0.29, 0.717) is 18.7 Å². The van der Waals surface area contributed by atoms with Crippen LogP contribution in [0.1, 0.15) is 20.1 Å². The van der Waals surface area contributed by atoms with E-state index < -0.39 is 0 Å². The summed E-state index contributed by atoms with van der Waals surface area (Å²) in [6, 6.07) is 9.12. The molecule has 0 bridgehead atoms. The Morgan fingerprint density at radius 3 is 2.55 bits per heavy atom. The fourth-order valence-electron chi connectivity index (χ4n) is 2.50. The molecule has 0 aliphatic carbocycles. The van der Waals surface area contributed by atoms with Crippen molar-refractivity contribution in [1.82, 2.24) is 5.32 Å². The zero-order valence-corrected chi connectivity index (χ0v) is 13.3. The number of aryl methyl sites for hydroxylation is 2. The third kappa shape index (κ3) is 2.82. The maximum atomic E-state index is 12.3. The highest BCUT2D eigenvalue weighted by atomic mass is 32.1. The Hall–Kier alpha value is -2.34. The highest BCUT2D eigenvalue weighted by molar-refractivity contribution is 7.12. The van der Waals surface area contributed by atoms with E-state index >= 15 is 0 Å². The largest absolute Gasteiger partial charge is 0.336 e. The highest BCUT2D eigenvalue weighted by Gasteiger charge is 2.21. The van der Waals surface area contributed by atoms with Crippen LogP contribution in [0, 0.1) is 13.8 Å². The van der Waals surface area contributed by atoms with Gasteiger partial charge in [-0.15, -0.1) is 11.3 Å². The lowest BCUT2D eigenvalue weighted by molar-refractivity contribution is 0.102. The van der Waals surface area contributed by atoms with E-state index in [1.54, 1.807) is 16.2 Å². The maximum absolute atomic E-state index is 12.3. The lowest BCUT2D eigenvalue weighted by atomic mass is 10.2. The first-order valence-corrected chi connectivity index (χ1v) is 7.90. The van der Waals surface area contributed by atoms with Crippen LogP contribution in [0.4, 0.5) is 16.2 Å². The van der Waals surface area contributed by atoms with Gasteiger partial charge in [-0.25, -0.2) is 4.79 Å². The molecule has 0 spiro atoms. The van der Waals surface area contributed by atoms with Gasteiger partial charge < -0.3 is 10.6 Å². The minimum absolute atomic E-state index is 0.0823. The topological polar surface area (TPSA) is 61.4 Å². The number of urea groups is 1. The fraction of sp³-hybridized carbons (Fsp3) is 0.250. The fourth-order valence-corrected chi connectivity index (χ4v) is 3.42. The van der Waals surface area contributed by atoms with Gasteiger partial charge >= 0.3 is 6.03 Å². The average molecular weight is 315 g/mol. The maximum Gasteiger partial charge on any atom is 0.321 e. The van der Waals surface area contributed by atoms with Gasteiger partial charge in [0.15, 0.2) is 0 Å². The predicted molar refractivity (Wildman–Crippen MR) is 88.9 cm³/mol. The Morgan fingerprint density at radius 2 is 2.00 bits per heavy atom. The standard InChI is InChI=1S/C16H17N3O2S/c1-10-9-14(11(2)22-10)15(20)18-12-3-5-13(6-4-12)19-8-7-17-16(19)21/h3-6,9H,7-8H2,1-2H3,(H,17,21)(H,18,20). The van der Waals surface area contributed by atoms with Crippen molar-refractivity contribution in [3.8, 4) is 0 Å². The molecule has 6 heteroatoms. The van der Waals surface area contributed by atoms with Gasteiger partial charge in [0.2, 0.25) is 0 Å². The number of carbonyl (C=O) groups excluding carboxylic acids is 2. The third-order valence-corrected chi connectivity index (χ3v) is 4.55. The second-order valence-corrected chi connectivity index (χ2v) is 6.67. The van der Waals surface area contributed by atoms with Gasteiger partial charge in [-0.05, 0) is 44.2 Å². The van der Waals surface area contributed by atoms with E-state index in [1.165, 1.54) is 0 Å². The minimum Gasteiger partial charge on any atom is -0.336 e. The van der Waals surface area contributed by atoms with Crippen LogP contribution in [-0.4, -0.2) is 25.0 Å². The van der Waals surface area contributed by atoms with Crippen LogP contribution in [-0.2, 0) is 0 Å². The van der Waals surface area contributed by atoms with Crippen molar-refractivity contribution in [2.75, 3.05) is 23.3 Å². The van der Waals surface area contributed by atoms with Crippen molar-refractivity contribution in [3.05, 3.63) is 45.6 Å². The molecule has 1 aromatic heterocycles. The Morgan fingerprint density at radius 1 is 1.27 bits per heavy atom. The number of hydrogen-bond acceptors (Lipinski definition) is 3. The molecule has 1 fully saturated rings. The molecule has 0 unspecified atom stereocenters. The normalized spacial score (nSPS) is 14.1. The van der Waals surface area contributed by atoms with E-state index in [0.717, 1.165) is 21.1 Å². The van der Waals surface area contributed by atoms with Crippen LogP contribution in [0.2, 0.25) is 0 Å². The predicted octanol–water partition coefficient (Wildman–Crippen LogP) is 3.15. The van der Waals surface area contributed by atoms with Gasteiger partial charge in [0.1, 0.15) is 0 Å². The number of anilines is 2. The lowest BCUT2D eigenvalue weighted by Crippen LogP contribution is -2.27. The summed E-state index contributed by atoms with van der Waals surface area (Å²) in [4.78, 5) is 27.7. The molecule has 0 saturated carbocycles. The summed E-state index contributed by atoms with van der Waals surface area (Å²) in [6.07, 6.45) is 0. The number of benzene rings is 1. The van der Waals surface area contributed by atoms with Gasteiger partial charge in [-0.3, -0.25) is 9.69 Å². The molecule has 1 aliphatic heterocycles. The molecule has 0 radical (unpaired) electrons. The molecular weight excluding hydrogens is 298 g/mol. The van der Waals surface area contributed by atoms with Crippen molar-refractivity contribution < 1.29 is 9.59 Å². The molecule has 5 nitrogen and oxygen atoms in total. The summed E-state index contributed by atoms with van der Waals surface area (Å²) >= 11 is 1.62. The number of nitrogens with zero attached hydrogens (tertiary/aromatic N) is 1. The number of nitrogens with one attached hydrogen (secondary N) is 2. The molecule has 0 atom stereocenters. The Kier molecular flexibility index (Phi) is 3.85. The van der Waals surface area contributed by atoms with Crippen LogP contribution in [0.5, 0.6) is 0 Å². The third-order valence-electron chi connectivity index (χ3n) is 3.58. The van der Waals surface area contributed by atoms with Crippen LogP contribution >= 0.6 is 11.3 Å². The van der Waals surface area contributed by atoms with Gasteiger partial charge in [0.25, 0.3) is 5.91 Å². The second kappa shape index (κ2) is 5.81. The van der Waals surface area contributed by atoms with Crippen LogP contribution in [0.25, 0.3) is 0 Å². The number of thiophene rings is 1. The summed E-state index contributed by atoms with van der Waals surface area (Å²) in [5, 5.41) is 5.65. The molecule has 3 amide bonds. The molecule has 1 aliphatic rings. The monoisotopic (exact) mass is 315 g/mol. The molecule has 2 heterocycles. The number of amides is 3. The number of rotatable bonds is 3. The molecule has 2 aromatic rings. The smallest absolute Gasteiger partial charge is 0.321 e. The van der Waals surface area contributed by atoms with Crippen molar-refractivity contribution in [3.63, 3.8) is 0 Å². The summed E-state index contributed by atoms with van der Waals surface area (Å²) in [5.74, 6) is -0.103. The van der Waals surface area contributed by atoms with Crippen LogP contribution < -0.4 is 15.5 Å². The van der Waals surface area contributed by atoms with Crippen LogP contribution in [0.3, 0.4) is 0 Å². The van der Waals surface area contributed by atoms with E-state index in [4.69, 9.17) is 0 Å². The zero-order chi connectivity index (χ0) is 15.7. The first-order chi connectivity index (χ1) is 10.5. The Labute approximate surface area is 132 Å². The SMILES string of the molecule is Cc1cc(C(=O)Nc2ccc(N3CCNC3=O)cc2)c(C)s1. The molecular formula is C16H17N3O2S. The van der Waals surface area contributed by atoms with Crippen molar-refractivity contribution >= 4 is 34.6 Å². The van der Waals surface area contributed by atoms with Gasteiger partial charge in [0, 0.05) is 34.2 Å². The highest BCUT2D eigenvalue weighted by Crippen LogP contribution is 2.23. The summed E-state index contributed by atoms with van der Waals surface area (Å²) in [7, 11) is 0. The van der Waals surface area contributed by atoms with E-state index in [2.05, 4.69) is 10.6 Å². The molecule has 22 heavy (non-hydrogen) atoms. The van der Waals surface area contributed by atoms with E-state index in [-0.39, 0.29) is 11.9 Å². The van der Waals surface area contributed by atoms with E-state index in [9.17, 15) is 9.59 Å². The molecule has 1 aromatic carbocycles. The minimum atomic E-state index is -0.103. The lowest BCUT2D eigenvalue weighted by Gasteiger charge is -2.14. The van der Waals surface area contributed by atoms with Crippen molar-refractivity contribution in [2.24, 2.45) is 0 Å². The summed E-state index contributed by atoms with van der Waals surface area (Å²) in [6.45, 7) is 5.26. The van der Waals surface area contributed by atoms with Crippen molar-refractivity contribution in [2.45, 2.75) is 13.8 Å². The molecule has 3 rings (SSSR count). The Bertz CT molecular complexity index is 721. The Balaban J connectivity index is 1.72. The molecule has 2 N–H and O–H groups in total. The summed E-state index contributed by atoms with van der Waals surface area (Å²) < 4.78 is 0. The van der Waals surface area contributed by atoms with Gasteiger partial charge in [0.05, 0.1) is 5.56 Å². The van der Waals surface area contributed by atoms with Crippen LogP contribution in [0.15, 0.2) is 30.3 Å². The summed E-state index contributed by atoms with van der Waals surface area (Å²) in [5.41, 5.74) is 2.26. The number of hydrogen-bond donors (Lipinski definition) is 2. The first kappa shape index (κ1) is 14.6. The zero-order valence-electron chi connectivity index (χ0n) is 12.5. The molecule has 1 saturated heterocycles. The van der Waals surface area contributed by atoms with E-state index in [1.807, 2.05) is 44.2 Å². The molecule has 114 valence electrons. The van der Waals surface area contributed by atoms with Gasteiger partial charge in [-0.2, -0.15) is 0 Å². The van der Waals surface area contributed by atoms with Crippen molar-refractivity contribution in [1.29, 1.82) is 0 Å². The average Bonchev–Trinajstić information content (AvgIpc) is 3.05.